The van der Waals surface area contributed by atoms with E-state index in [-0.39, 0.29) is 5.41 Å². The van der Waals surface area contributed by atoms with Crippen molar-refractivity contribution in [3.8, 4) is 0 Å². The molecule has 1 saturated carbocycles. The molecule has 1 aliphatic carbocycles. The Labute approximate surface area is 97.8 Å². The number of likely N-dealkylation sites (tertiary alicyclic amines) is 1. The molecule has 0 aromatic heterocycles. The molecule has 2 heterocycles. The SMILES string of the molecule is CN1CCC(C2(C3(CO)CCC3)COC2)C1. The van der Waals surface area contributed by atoms with Crippen LogP contribution in [-0.2, 0) is 4.74 Å². The largest absolute Gasteiger partial charge is 0.396 e. The highest BCUT2D eigenvalue weighted by atomic mass is 16.5. The molecule has 1 N–H and O–H groups in total. The number of aliphatic hydroxyl groups excluding tert-OH is 1. The molecule has 0 bridgehead atoms. The lowest BCUT2D eigenvalue weighted by molar-refractivity contribution is -0.248. The summed E-state index contributed by atoms with van der Waals surface area (Å²) in [4.78, 5) is 2.43. The van der Waals surface area contributed by atoms with Gasteiger partial charge in [0, 0.05) is 24.0 Å². The molecular formula is C13H23NO2. The van der Waals surface area contributed by atoms with Crippen molar-refractivity contribution in [3.05, 3.63) is 0 Å². The molecule has 3 fully saturated rings. The molecule has 2 saturated heterocycles. The first-order valence-corrected chi connectivity index (χ1v) is 6.60. The number of nitrogens with zero attached hydrogens (tertiary/aromatic N) is 1. The van der Waals surface area contributed by atoms with Gasteiger partial charge in [0.05, 0.1) is 13.2 Å². The fourth-order valence-electron chi connectivity index (χ4n) is 4.10. The fraction of sp³-hybridized carbons (Fsp3) is 1.00. The highest BCUT2D eigenvalue weighted by molar-refractivity contribution is 5.10. The summed E-state index contributed by atoms with van der Waals surface area (Å²) < 4.78 is 5.54. The lowest BCUT2D eigenvalue weighted by atomic mass is 9.48. The maximum Gasteiger partial charge on any atom is 0.0554 e. The van der Waals surface area contributed by atoms with E-state index >= 15 is 0 Å². The van der Waals surface area contributed by atoms with Gasteiger partial charge in [-0.15, -0.1) is 0 Å². The molecule has 1 unspecified atom stereocenters. The first kappa shape index (κ1) is 11.0. The van der Waals surface area contributed by atoms with Gasteiger partial charge in [-0.1, -0.05) is 6.42 Å². The molecule has 3 rings (SSSR count). The van der Waals surface area contributed by atoms with E-state index in [1.165, 1.54) is 38.8 Å². The van der Waals surface area contributed by atoms with Crippen molar-refractivity contribution < 1.29 is 9.84 Å². The van der Waals surface area contributed by atoms with E-state index in [0.29, 0.717) is 12.0 Å². The van der Waals surface area contributed by atoms with Crippen molar-refractivity contribution in [1.82, 2.24) is 4.90 Å². The predicted octanol–water partition coefficient (Wildman–Crippen LogP) is 1.12. The molecule has 0 radical (unpaired) electrons. The molecule has 92 valence electrons. The third-order valence-corrected chi connectivity index (χ3v) is 5.56. The monoisotopic (exact) mass is 225 g/mol. The van der Waals surface area contributed by atoms with Gasteiger partial charge < -0.3 is 14.7 Å². The lowest BCUT2D eigenvalue weighted by Gasteiger charge is -2.62. The Hall–Kier alpha value is -0.120. The highest BCUT2D eigenvalue weighted by Crippen LogP contribution is 2.61. The van der Waals surface area contributed by atoms with E-state index < -0.39 is 0 Å². The van der Waals surface area contributed by atoms with Gasteiger partial charge in [0.25, 0.3) is 0 Å². The summed E-state index contributed by atoms with van der Waals surface area (Å²) in [6, 6.07) is 0. The second-order valence-corrected chi connectivity index (χ2v) is 6.19. The van der Waals surface area contributed by atoms with Crippen molar-refractivity contribution in [2.45, 2.75) is 25.7 Å². The summed E-state index contributed by atoms with van der Waals surface area (Å²) in [5, 5.41) is 9.79. The third-order valence-electron chi connectivity index (χ3n) is 5.56. The van der Waals surface area contributed by atoms with Crippen LogP contribution in [0.25, 0.3) is 0 Å². The standard InChI is InChI=1S/C13H23NO2/c1-14-6-3-11(7-14)13(9-16-10-13)12(8-15)4-2-5-12/h11,15H,2-10H2,1H3. The van der Waals surface area contributed by atoms with E-state index in [0.717, 1.165) is 19.1 Å². The molecule has 3 heteroatoms. The number of rotatable bonds is 3. The molecule has 16 heavy (non-hydrogen) atoms. The van der Waals surface area contributed by atoms with E-state index in [2.05, 4.69) is 11.9 Å². The molecule has 1 atom stereocenters. The quantitative estimate of drug-likeness (QED) is 0.781. The van der Waals surface area contributed by atoms with Gasteiger partial charge in [-0.3, -0.25) is 0 Å². The van der Waals surface area contributed by atoms with Crippen LogP contribution in [0.1, 0.15) is 25.7 Å². The second-order valence-electron chi connectivity index (χ2n) is 6.19. The Morgan fingerprint density at radius 1 is 1.38 bits per heavy atom. The number of ether oxygens (including phenoxy) is 1. The minimum Gasteiger partial charge on any atom is -0.396 e. The van der Waals surface area contributed by atoms with Gasteiger partial charge in [0.15, 0.2) is 0 Å². The predicted molar refractivity (Wildman–Crippen MR) is 62.2 cm³/mol. The first-order chi connectivity index (χ1) is 7.72. The molecular weight excluding hydrogens is 202 g/mol. The zero-order valence-electron chi connectivity index (χ0n) is 10.2. The van der Waals surface area contributed by atoms with Crippen molar-refractivity contribution in [2.24, 2.45) is 16.7 Å². The fourth-order valence-corrected chi connectivity index (χ4v) is 4.10. The maximum absolute atomic E-state index is 9.79. The summed E-state index contributed by atoms with van der Waals surface area (Å²) in [5.74, 6) is 0.749. The van der Waals surface area contributed by atoms with Crippen LogP contribution < -0.4 is 0 Å². The van der Waals surface area contributed by atoms with Crippen molar-refractivity contribution in [3.63, 3.8) is 0 Å². The average molecular weight is 225 g/mol. The Kier molecular flexibility index (Phi) is 2.54. The van der Waals surface area contributed by atoms with E-state index in [4.69, 9.17) is 4.74 Å². The van der Waals surface area contributed by atoms with Gasteiger partial charge >= 0.3 is 0 Å². The number of hydrogen-bond acceptors (Lipinski definition) is 3. The molecule has 0 amide bonds. The van der Waals surface area contributed by atoms with E-state index in [1.54, 1.807) is 0 Å². The number of hydrogen-bond donors (Lipinski definition) is 1. The van der Waals surface area contributed by atoms with Gasteiger partial charge in [0.2, 0.25) is 0 Å². The van der Waals surface area contributed by atoms with Crippen LogP contribution in [0.3, 0.4) is 0 Å². The molecule has 3 aliphatic rings. The van der Waals surface area contributed by atoms with Crippen LogP contribution in [-0.4, -0.2) is 50.0 Å². The zero-order chi connectivity index (χ0) is 11.2. The highest BCUT2D eigenvalue weighted by Gasteiger charge is 2.62. The van der Waals surface area contributed by atoms with Crippen LogP contribution in [0.2, 0.25) is 0 Å². The summed E-state index contributed by atoms with van der Waals surface area (Å²) in [7, 11) is 2.21. The van der Waals surface area contributed by atoms with Crippen molar-refractivity contribution in [2.75, 3.05) is 40.0 Å². The number of aliphatic hydroxyl groups is 1. The summed E-state index contributed by atoms with van der Waals surface area (Å²) in [6.07, 6.45) is 5.02. The van der Waals surface area contributed by atoms with Crippen molar-refractivity contribution >= 4 is 0 Å². The van der Waals surface area contributed by atoms with E-state index in [1.807, 2.05) is 0 Å². The molecule has 2 aliphatic heterocycles. The molecule has 0 spiro atoms. The average Bonchev–Trinajstić information content (AvgIpc) is 2.55. The minimum atomic E-state index is 0.209. The molecule has 0 aromatic rings. The van der Waals surface area contributed by atoms with Crippen LogP contribution >= 0.6 is 0 Å². The van der Waals surface area contributed by atoms with Gasteiger partial charge in [-0.25, -0.2) is 0 Å². The van der Waals surface area contributed by atoms with Crippen LogP contribution in [0.4, 0.5) is 0 Å². The lowest BCUT2D eigenvalue weighted by Crippen LogP contribution is -2.64. The Morgan fingerprint density at radius 2 is 2.12 bits per heavy atom. The Balaban J connectivity index is 1.82. The normalized spacial score (nSPS) is 36.8. The molecule has 0 aromatic carbocycles. The van der Waals surface area contributed by atoms with Gasteiger partial charge in [-0.2, -0.15) is 0 Å². The summed E-state index contributed by atoms with van der Waals surface area (Å²) in [6.45, 7) is 4.58. The van der Waals surface area contributed by atoms with Crippen LogP contribution in [0.5, 0.6) is 0 Å². The third kappa shape index (κ3) is 1.25. The Morgan fingerprint density at radius 3 is 2.44 bits per heavy atom. The smallest absolute Gasteiger partial charge is 0.0554 e. The van der Waals surface area contributed by atoms with Crippen LogP contribution in [0.15, 0.2) is 0 Å². The molecule has 3 nitrogen and oxygen atoms in total. The minimum absolute atomic E-state index is 0.209. The summed E-state index contributed by atoms with van der Waals surface area (Å²) >= 11 is 0. The maximum atomic E-state index is 9.79. The second kappa shape index (κ2) is 3.69. The van der Waals surface area contributed by atoms with Gasteiger partial charge in [0.1, 0.15) is 0 Å². The topological polar surface area (TPSA) is 32.7 Å². The first-order valence-electron chi connectivity index (χ1n) is 6.60. The zero-order valence-corrected chi connectivity index (χ0v) is 10.2. The van der Waals surface area contributed by atoms with Crippen LogP contribution in [0, 0.1) is 16.7 Å². The summed E-state index contributed by atoms with van der Waals surface area (Å²) in [5.41, 5.74) is 0.520. The van der Waals surface area contributed by atoms with Gasteiger partial charge in [-0.05, 0) is 38.8 Å². The van der Waals surface area contributed by atoms with Crippen molar-refractivity contribution in [1.29, 1.82) is 0 Å². The Bertz CT molecular complexity index is 266. The van der Waals surface area contributed by atoms with E-state index in [9.17, 15) is 5.11 Å².